The molecule has 1 aliphatic carbocycles. The van der Waals surface area contributed by atoms with E-state index in [-0.39, 0.29) is 42.3 Å². The number of nitrogens with zero attached hydrogens (tertiary/aromatic N) is 5. The Bertz CT molecular complexity index is 1840. The molecule has 2 aromatic heterocycles. The van der Waals surface area contributed by atoms with Gasteiger partial charge >= 0.3 is 5.97 Å². The van der Waals surface area contributed by atoms with E-state index < -0.39 is 33.9 Å². The molecule has 0 unspecified atom stereocenters. The zero-order valence-electron chi connectivity index (χ0n) is 25.5. The summed E-state index contributed by atoms with van der Waals surface area (Å²) in [4.78, 5) is 40.2. The highest BCUT2D eigenvalue weighted by atomic mass is 32.2. The van der Waals surface area contributed by atoms with Crippen LogP contribution in [0, 0.1) is 5.95 Å². The summed E-state index contributed by atoms with van der Waals surface area (Å²) in [5.74, 6) is -2.18. The number of pyridine rings is 1. The predicted octanol–water partition coefficient (Wildman–Crippen LogP) is 5.33. The van der Waals surface area contributed by atoms with Crippen molar-refractivity contribution >= 4 is 27.6 Å². The average molecular weight is 660 g/mol. The fourth-order valence-electron chi connectivity index (χ4n) is 5.95. The zero-order valence-corrected chi connectivity index (χ0v) is 26.4. The van der Waals surface area contributed by atoms with Crippen LogP contribution in [0.4, 0.5) is 10.1 Å². The smallest absolute Gasteiger partial charge is 0.339 e. The Balaban J connectivity index is 1.32. The third kappa shape index (κ3) is 7.15. The summed E-state index contributed by atoms with van der Waals surface area (Å²) in [6.45, 7) is 0.125. The highest BCUT2D eigenvalue weighted by Crippen LogP contribution is 2.34. The van der Waals surface area contributed by atoms with Crippen LogP contribution in [-0.4, -0.2) is 57.2 Å². The summed E-state index contributed by atoms with van der Waals surface area (Å²) in [6, 6.07) is 14.5. The molecule has 1 atom stereocenters. The van der Waals surface area contributed by atoms with E-state index in [0.29, 0.717) is 17.3 Å². The van der Waals surface area contributed by atoms with Crippen LogP contribution in [0.2, 0.25) is 0 Å². The molecule has 1 N–H and O–H groups in total. The number of halogens is 1. The monoisotopic (exact) mass is 659 g/mol. The van der Waals surface area contributed by atoms with Gasteiger partial charge in [0, 0.05) is 30.4 Å². The maximum Gasteiger partial charge on any atom is 0.339 e. The number of amides is 1. The number of carboxylic acids is 1. The van der Waals surface area contributed by atoms with Gasteiger partial charge in [0.05, 0.1) is 30.3 Å². The molecule has 1 aliphatic heterocycles. The lowest BCUT2D eigenvalue weighted by atomic mass is 9.87. The van der Waals surface area contributed by atoms with Gasteiger partial charge in [-0.1, -0.05) is 49.6 Å². The predicted molar refractivity (Wildman–Crippen MR) is 170 cm³/mol. The summed E-state index contributed by atoms with van der Waals surface area (Å²) in [5.41, 5.74) is 2.40. The Labute approximate surface area is 272 Å². The maximum atomic E-state index is 14.2. The standard InChI is InChI=1S/C34H34FN5O6S/c35-32-14-12-27(19-38-32)47(44,45)40-16-15-30(40)33(41)39(21-25-18-37-29(20-36-25)24-9-5-2-6-10-24)26-11-13-28(34(42)43)31(17-26)46-22-23-7-3-1-4-8-23/h1,3-4,7-8,11-14,17-20,24,30H,2,5-6,9-10,15-16,21-22H2,(H,42,43)/t30-/m1/s1. The SMILES string of the molecule is O=C(O)c1ccc(N(Cc2cnc(C3CCCCC3)cn2)C(=O)[C@H]2CCN2S(=O)(=O)c2ccc(F)nc2)cc1OCc1ccccc1. The quantitative estimate of drug-likeness (QED) is 0.211. The number of carboxylic acid groups (broad SMARTS) is 1. The number of benzene rings is 2. The van der Waals surface area contributed by atoms with Crippen molar-refractivity contribution in [3.05, 3.63) is 108 Å². The van der Waals surface area contributed by atoms with Gasteiger partial charge in [-0.2, -0.15) is 8.70 Å². The van der Waals surface area contributed by atoms with Gasteiger partial charge in [0.25, 0.3) is 0 Å². The second kappa shape index (κ2) is 13.9. The lowest BCUT2D eigenvalue weighted by Gasteiger charge is -2.40. The van der Waals surface area contributed by atoms with Crippen LogP contribution in [0.1, 0.15) is 71.8 Å². The molecular formula is C34H34FN5O6S. The van der Waals surface area contributed by atoms with E-state index in [2.05, 4.69) is 15.0 Å². The summed E-state index contributed by atoms with van der Waals surface area (Å²) >= 11 is 0. The summed E-state index contributed by atoms with van der Waals surface area (Å²) < 4.78 is 47.3. The molecule has 4 aromatic rings. The molecule has 244 valence electrons. The van der Waals surface area contributed by atoms with Crippen molar-refractivity contribution in [1.29, 1.82) is 0 Å². The summed E-state index contributed by atoms with van der Waals surface area (Å²) in [5, 5.41) is 9.87. The van der Waals surface area contributed by atoms with Crippen molar-refractivity contribution in [3.8, 4) is 5.75 Å². The third-order valence-electron chi connectivity index (χ3n) is 8.64. The molecule has 6 rings (SSSR count). The summed E-state index contributed by atoms with van der Waals surface area (Å²) in [6.07, 6.45) is 10.1. The largest absolute Gasteiger partial charge is 0.488 e. The van der Waals surface area contributed by atoms with Crippen LogP contribution < -0.4 is 9.64 Å². The Morgan fingerprint density at radius 2 is 1.72 bits per heavy atom. The molecular weight excluding hydrogens is 625 g/mol. The Hall–Kier alpha value is -4.75. The van der Waals surface area contributed by atoms with Gasteiger partial charge in [-0.3, -0.25) is 14.8 Å². The molecule has 1 saturated carbocycles. The maximum absolute atomic E-state index is 14.2. The lowest BCUT2D eigenvalue weighted by molar-refractivity contribution is -0.125. The number of sulfonamides is 1. The average Bonchev–Trinajstić information content (AvgIpc) is 3.06. The van der Waals surface area contributed by atoms with Gasteiger partial charge in [0.15, 0.2) is 0 Å². The van der Waals surface area contributed by atoms with Crippen LogP contribution in [0.5, 0.6) is 5.75 Å². The topological polar surface area (TPSA) is 143 Å². The highest BCUT2D eigenvalue weighted by molar-refractivity contribution is 7.89. The van der Waals surface area contributed by atoms with Crippen molar-refractivity contribution in [2.75, 3.05) is 11.4 Å². The van der Waals surface area contributed by atoms with Crippen LogP contribution in [-0.2, 0) is 28.0 Å². The van der Waals surface area contributed by atoms with Gasteiger partial charge in [0.1, 0.15) is 28.9 Å². The van der Waals surface area contributed by atoms with Crippen molar-refractivity contribution in [2.45, 2.75) is 68.5 Å². The molecule has 2 aromatic carbocycles. The number of rotatable bonds is 11. The second-order valence-electron chi connectivity index (χ2n) is 11.7. The van der Waals surface area contributed by atoms with Crippen LogP contribution in [0.15, 0.2) is 84.1 Å². The van der Waals surface area contributed by atoms with E-state index in [0.717, 1.165) is 59.6 Å². The van der Waals surface area contributed by atoms with Crippen molar-refractivity contribution < 1.29 is 32.2 Å². The highest BCUT2D eigenvalue weighted by Gasteiger charge is 2.45. The fourth-order valence-corrected chi connectivity index (χ4v) is 7.53. The van der Waals surface area contributed by atoms with Gasteiger partial charge in [-0.05, 0) is 49.1 Å². The number of carbonyl (C=O) groups is 2. The molecule has 1 saturated heterocycles. The van der Waals surface area contributed by atoms with Crippen molar-refractivity contribution in [2.24, 2.45) is 0 Å². The van der Waals surface area contributed by atoms with E-state index in [1.807, 2.05) is 30.3 Å². The van der Waals surface area contributed by atoms with Crippen molar-refractivity contribution in [3.63, 3.8) is 0 Å². The molecule has 0 radical (unpaired) electrons. The number of aromatic nitrogens is 3. The first kappa shape index (κ1) is 32.2. The third-order valence-corrected chi connectivity index (χ3v) is 10.5. The van der Waals surface area contributed by atoms with Crippen molar-refractivity contribution in [1.82, 2.24) is 19.3 Å². The Morgan fingerprint density at radius 3 is 2.36 bits per heavy atom. The molecule has 2 aliphatic rings. The lowest BCUT2D eigenvalue weighted by Crippen LogP contribution is -2.59. The van der Waals surface area contributed by atoms with E-state index in [9.17, 15) is 27.5 Å². The summed E-state index contributed by atoms with van der Waals surface area (Å²) in [7, 11) is -4.16. The van der Waals surface area contributed by atoms with Crippen LogP contribution in [0.3, 0.4) is 0 Å². The van der Waals surface area contributed by atoms with Crippen LogP contribution in [0.25, 0.3) is 0 Å². The Kier molecular flexibility index (Phi) is 9.55. The minimum atomic E-state index is -4.16. The minimum Gasteiger partial charge on any atom is -0.488 e. The second-order valence-corrected chi connectivity index (χ2v) is 13.6. The molecule has 3 heterocycles. The number of ether oxygens (including phenoxy) is 1. The van der Waals surface area contributed by atoms with Gasteiger partial charge in [-0.25, -0.2) is 18.2 Å². The molecule has 11 nitrogen and oxygen atoms in total. The fraction of sp³-hybridized carbons (Fsp3) is 0.324. The number of carbonyl (C=O) groups excluding carboxylic acids is 1. The first-order valence-electron chi connectivity index (χ1n) is 15.5. The molecule has 2 fully saturated rings. The first-order valence-corrected chi connectivity index (χ1v) is 16.9. The number of hydrogen-bond acceptors (Lipinski definition) is 8. The first-order chi connectivity index (χ1) is 22.7. The van der Waals surface area contributed by atoms with E-state index in [4.69, 9.17) is 4.74 Å². The molecule has 13 heteroatoms. The number of anilines is 1. The molecule has 0 bridgehead atoms. The molecule has 1 amide bonds. The zero-order chi connectivity index (χ0) is 33.0. The van der Waals surface area contributed by atoms with Gasteiger partial charge in [0.2, 0.25) is 21.9 Å². The van der Waals surface area contributed by atoms with E-state index in [1.54, 1.807) is 12.4 Å². The van der Waals surface area contributed by atoms with E-state index in [1.165, 1.54) is 29.5 Å². The van der Waals surface area contributed by atoms with Crippen LogP contribution >= 0.6 is 0 Å². The van der Waals surface area contributed by atoms with E-state index >= 15 is 0 Å². The molecule has 0 spiro atoms. The van der Waals surface area contributed by atoms with Gasteiger partial charge in [-0.15, -0.1) is 0 Å². The number of hydrogen-bond donors (Lipinski definition) is 1. The molecule has 47 heavy (non-hydrogen) atoms. The number of aromatic carboxylic acids is 1. The Morgan fingerprint density at radius 1 is 0.936 bits per heavy atom. The normalized spacial score (nSPS) is 17.1. The minimum absolute atomic E-state index is 0.0471. The van der Waals surface area contributed by atoms with Gasteiger partial charge < -0.3 is 14.7 Å².